The summed E-state index contributed by atoms with van der Waals surface area (Å²) in [6.07, 6.45) is -8.99. The summed E-state index contributed by atoms with van der Waals surface area (Å²) in [4.78, 5) is 24.3. The Bertz CT molecular complexity index is 2010. The number of carbonyl (C=O) groups is 2. The van der Waals surface area contributed by atoms with E-state index in [1.807, 2.05) is 0 Å². The molecule has 0 saturated carbocycles. The number of hydrogen-bond donors (Lipinski definition) is 6. The lowest BCUT2D eigenvalue weighted by Crippen LogP contribution is -2.20. The number of carbonyl (C=O) groups excluding carboxylic acids is 2. The molecule has 0 atom stereocenters. The van der Waals surface area contributed by atoms with E-state index in [0.29, 0.717) is 22.5 Å². The van der Waals surface area contributed by atoms with E-state index < -0.39 is 35.5 Å². The third-order valence-corrected chi connectivity index (χ3v) is 7.51. The molecular formula is C30H20Br2F6N12O2. The van der Waals surface area contributed by atoms with E-state index in [9.17, 15) is 35.9 Å². The minimum atomic E-state index is -4.49. The van der Waals surface area contributed by atoms with Crippen molar-refractivity contribution in [1.29, 1.82) is 0 Å². The quantitative estimate of drug-likeness (QED) is 0.0898. The first-order valence-electron chi connectivity index (χ1n) is 14.2. The van der Waals surface area contributed by atoms with Crippen molar-refractivity contribution in [3.8, 4) is 22.8 Å². The normalized spacial score (nSPS) is 11.2. The first-order valence-corrected chi connectivity index (χ1v) is 15.8. The summed E-state index contributed by atoms with van der Waals surface area (Å²) in [5.41, 5.74) is -0.0123. The molecule has 0 radical (unpaired) electrons. The molecule has 0 aliphatic heterocycles. The van der Waals surface area contributed by atoms with Gasteiger partial charge in [0.25, 0.3) is 0 Å². The van der Waals surface area contributed by atoms with Crippen molar-refractivity contribution in [2.75, 3.05) is 21.3 Å². The third kappa shape index (κ3) is 10.1. The van der Waals surface area contributed by atoms with Gasteiger partial charge in [0.15, 0.2) is 0 Å². The molecule has 4 aromatic carbocycles. The second-order valence-corrected chi connectivity index (χ2v) is 12.0. The lowest BCUT2D eigenvalue weighted by molar-refractivity contribution is -0.138. The van der Waals surface area contributed by atoms with Crippen LogP contribution in [0.4, 0.5) is 58.7 Å². The van der Waals surface area contributed by atoms with Gasteiger partial charge in [0.05, 0.1) is 22.5 Å². The molecule has 2 heterocycles. The molecule has 0 unspecified atom stereocenters. The van der Waals surface area contributed by atoms with Gasteiger partial charge in [-0.05, 0) is 83.2 Å². The SMILES string of the molecule is O=C(Nc1cccc(C(F)(F)F)c1)Nc1ccc(Br)cc1-c1nn[nH]n1.O=C(Nc1cccc(C(F)(F)F)c1)Nc1ccc(Br)cc1-c1nn[nH]n1. The Morgan fingerprint density at radius 2 is 0.962 bits per heavy atom. The summed E-state index contributed by atoms with van der Waals surface area (Å²) >= 11 is 6.61. The van der Waals surface area contributed by atoms with Gasteiger partial charge in [-0.2, -0.15) is 36.8 Å². The maximum absolute atomic E-state index is 12.7. The molecule has 0 aliphatic carbocycles. The number of urea groups is 2. The number of alkyl halides is 6. The first-order chi connectivity index (χ1) is 24.7. The molecule has 6 aromatic rings. The number of hydrogen-bond acceptors (Lipinski definition) is 8. The lowest BCUT2D eigenvalue weighted by atomic mass is 10.1. The van der Waals surface area contributed by atoms with Crippen LogP contribution >= 0.6 is 31.9 Å². The molecule has 0 bridgehead atoms. The summed E-state index contributed by atoms with van der Waals surface area (Å²) in [5.74, 6) is 0.501. The average molecular weight is 854 g/mol. The fraction of sp³-hybridized carbons (Fsp3) is 0.0667. The highest BCUT2D eigenvalue weighted by molar-refractivity contribution is 9.10. The predicted octanol–water partition coefficient (Wildman–Crippen LogP) is 8.58. The molecule has 0 spiro atoms. The summed E-state index contributed by atoms with van der Waals surface area (Å²) in [7, 11) is 0. The van der Waals surface area contributed by atoms with Crippen molar-refractivity contribution in [2.24, 2.45) is 0 Å². The van der Waals surface area contributed by atoms with Gasteiger partial charge in [-0.1, -0.05) is 44.0 Å². The molecule has 14 nitrogen and oxygen atoms in total. The number of benzene rings is 4. The number of rotatable bonds is 6. The van der Waals surface area contributed by atoms with Crippen LogP contribution in [-0.2, 0) is 12.4 Å². The van der Waals surface area contributed by atoms with Crippen LogP contribution in [0.25, 0.3) is 22.8 Å². The molecule has 2 aromatic heterocycles. The number of H-pyrrole nitrogens is 2. The second kappa shape index (κ2) is 16.0. The Labute approximate surface area is 304 Å². The number of aromatic nitrogens is 8. The average Bonchev–Trinajstić information content (AvgIpc) is 3.82. The molecule has 268 valence electrons. The first kappa shape index (κ1) is 37.4. The van der Waals surface area contributed by atoms with E-state index in [1.165, 1.54) is 24.3 Å². The summed E-state index contributed by atoms with van der Waals surface area (Å²) in [6, 6.07) is 17.2. The highest BCUT2D eigenvalue weighted by Crippen LogP contribution is 2.33. The fourth-order valence-corrected chi connectivity index (χ4v) is 5.01. The highest BCUT2D eigenvalue weighted by Gasteiger charge is 2.31. The minimum absolute atomic E-state index is 0.00977. The molecule has 52 heavy (non-hydrogen) atoms. The Kier molecular flexibility index (Phi) is 11.5. The molecule has 0 aliphatic rings. The van der Waals surface area contributed by atoms with Crippen LogP contribution in [0.5, 0.6) is 0 Å². The van der Waals surface area contributed by atoms with E-state index >= 15 is 0 Å². The van der Waals surface area contributed by atoms with Crippen LogP contribution in [0.15, 0.2) is 93.9 Å². The molecule has 6 rings (SSSR count). The van der Waals surface area contributed by atoms with Crippen LogP contribution in [0, 0.1) is 0 Å². The highest BCUT2D eigenvalue weighted by atomic mass is 79.9. The van der Waals surface area contributed by atoms with Gasteiger partial charge in [-0.25, -0.2) is 9.59 Å². The van der Waals surface area contributed by atoms with Crippen molar-refractivity contribution in [2.45, 2.75) is 12.4 Å². The Morgan fingerprint density at radius 3 is 1.31 bits per heavy atom. The number of tetrazole rings is 2. The van der Waals surface area contributed by atoms with Gasteiger partial charge >= 0.3 is 24.4 Å². The largest absolute Gasteiger partial charge is 0.416 e. The van der Waals surface area contributed by atoms with Crippen LogP contribution in [0.2, 0.25) is 0 Å². The number of amides is 4. The van der Waals surface area contributed by atoms with E-state index in [0.717, 1.165) is 33.2 Å². The van der Waals surface area contributed by atoms with Gasteiger partial charge in [-0.15, -0.1) is 20.4 Å². The zero-order chi connectivity index (χ0) is 37.5. The van der Waals surface area contributed by atoms with Crippen molar-refractivity contribution in [3.05, 3.63) is 105 Å². The topological polar surface area (TPSA) is 191 Å². The van der Waals surface area contributed by atoms with Gasteiger partial charge in [0.1, 0.15) is 0 Å². The van der Waals surface area contributed by atoms with E-state index in [1.54, 1.807) is 36.4 Å². The summed E-state index contributed by atoms with van der Waals surface area (Å²) in [5, 5.41) is 36.8. The molecule has 0 saturated heterocycles. The van der Waals surface area contributed by atoms with Crippen LogP contribution < -0.4 is 21.3 Å². The Morgan fingerprint density at radius 1 is 0.558 bits per heavy atom. The Balaban J connectivity index is 0.000000201. The molecular weight excluding hydrogens is 834 g/mol. The van der Waals surface area contributed by atoms with Gasteiger partial charge in [0.2, 0.25) is 11.6 Å². The van der Waals surface area contributed by atoms with Crippen LogP contribution in [0.1, 0.15) is 11.1 Å². The molecule has 22 heteroatoms. The maximum atomic E-state index is 12.7. The van der Waals surface area contributed by atoms with Crippen molar-refractivity contribution in [1.82, 2.24) is 41.2 Å². The van der Waals surface area contributed by atoms with E-state index in [4.69, 9.17) is 0 Å². The minimum Gasteiger partial charge on any atom is -0.308 e. The monoisotopic (exact) mass is 852 g/mol. The number of nitrogens with zero attached hydrogens (tertiary/aromatic N) is 6. The van der Waals surface area contributed by atoms with Crippen molar-refractivity contribution >= 4 is 66.7 Å². The van der Waals surface area contributed by atoms with Crippen molar-refractivity contribution < 1.29 is 35.9 Å². The van der Waals surface area contributed by atoms with Crippen molar-refractivity contribution in [3.63, 3.8) is 0 Å². The van der Waals surface area contributed by atoms with Crippen LogP contribution in [-0.4, -0.2) is 53.3 Å². The van der Waals surface area contributed by atoms with Crippen LogP contribution in [0.3, 0.4) is 0 Å². The van der Waals surface area contributed by atoms with Gasteiger partial charge in [0, 0.05) is 31.4 Å². The predicted molar refractivity (Wildman–Crippen MR) is 183 cm³/mol. The van der Waals surface area contributed by atoms with Gasteiger partial charge < -0.3 is 21.3 Å². The zero-order valence-corrected chi connectivity index (χ0v) is 28.8. The van der Waals surface area contributed by atoms with E-state index in [2.05, 4.69) is 94.4 Å². The second-order valence-electron chi connectivity index (χ2n) is 10.2. The van der Waals surface area contributed by atoms with E-state index in [-0.39, 0.29) is 23.0 Å². The fourth-order valence-electron chi connectivity index (χ4n) is 4.29. The molecule has 0 fully saturated rings. The summed E-state index contributed by atoms with van der Waals surface area (Å²) < 4.78 is 77.9. The Hall–Kier alpha value is -5.90. The smallest absolute Gasteiger partial charge is 0.308 e. The molecule has 4 amide bonds. The zero-order valence-electron chi connectivity index (χ0n) is 25.6. The lowest BCUT2D eigenvalue weighted by Gasteiger charge is -2.12. The number of halogens is 8. The third-order valence-electron chi connectivity index (χ3n) is 6.53. The number of aromatic amines is 2. The standard InChI is InChI=1S/2C15H10BrF3N6O/c2*16-9-4-5-12(11(7-9)13-22-24-25-23-13)21-14(26)20-10-3-1-2-8(6-10)15(17,18)19/h2*1-7H,(H2,20,21,26)(H,22,23,24,25). The summed E-state index contributed by atoms with van der Waals surface area (Å²) in [6.45, 7) is 0. The molecule has 6 N–H and O–H groups in total. The number of anilines is 4. The maximum Gasteiger partial charge on any atom is 0.416 e. The number of nitrogens with one attached hydrogen (secondary N) is 6. The van der Waals surface area contributed by atoms with Gasteiger partial charge in [-0.3, -0.25) is 0 Å².